The van der Waals surface area contributed by atoms with Crippen molar-refractivity contribution in [2.75, 3.05) is 0 Å². The molecule has 0 saturated heterocycles. The predicted octanol–water partition coefficient (Wildman–Crippen LogP) is 4.65. The lowest BCUT2D eigenvalue weighted by molar-refractivity contribution is -0.138. The van der Waals surface area contributed by atoms with Crippen LogP contribution in [0.25, 0.3) is 11.8 Å². The van der Waals surface area contributed by atoms with E-state index in [1.807, 2.05) is 0 Å². The van der Waals surface area contributed by atoms with Crippen molar-refractivity contribution in [3.8, 4) is 5.69 Å². The van der Waals surface area contributed by atoms with E-state index in [0.29, 0.717) is 17.8 Å². The lowest BCUT2D eigenvalue weighted by Crippen LogP contribution is -2.10. The van der Waals surface area contributed by atoms with Gasteiger partial charge in [-0.2, -0.15) is 18.3 Å². The second-order valence-corrected chi connectivity index (χ2v) is 6.31. The molecule has 1 N–H and O–H groups in total. The Morgan fingerprint density at radius 1 is 1.27 bits per heavy atom. The van der Waals surface area contributed by atoms with Crippen molar-refractivity contribution < 1.29 is 23.1 Å². The molecular formula is C19H19F3N2O2. The zero-order valence-corrected chi connectivity index (χ0v) is 14.1. The Balaban J connectivity index is 1.97. The SMILES string of the molecule is O=C(O)CCC=Cc1nn(-c2cccc(C(F)(F)F)c2)c2c1CCCC2. The number of hydrogen-bond donors (Lipinski definition) is 1. The maximum absolute atomic E-state index is 13.0. The van der Waals surface area contributed by atoms with Gasteiger partial charge in [-0.25, -0.2) is 4.68 Å². The molecule has 26 heavy (non-hydrogen) atoms. The summed E-state index contributed by atoms with van der Waals surface area (Å²) in [7, 11) is 0. The number of carboxylic acids is 1. The maximum atomic E-state index is 13.0. The molecule has 0 fully saturated rings. The van der Waals surface area contributed by atoms with Crippen molar-refractivity contribution in [3.63, 3.8) is 0 Å². The number of hydrogen-bond acceptors (Lipinski definition) is 2. The normalized spacial score (nSPS) is 14.6. The van der Waals surface area contributed by atoms with E-state index in [2.05, 4.69) is 5.10 Å². The standard InChI is InChI=1S/C19H19F3N2O2/c20-19(21,22)13-6-5-7-14(12-13)24-17-10-3-1-8-15(17)16(23-24)9-2-4-11-18(25)26/h2,5-7,9,12H,1,3-4,8,10-11H2,(H,25,26). The second kappa shape index (κ2) is 7.35. The van der Waals surface area contributed by atoms with Crippen molar-refractivity contribution in [3.05, 3.63) is 52.9 Å². The first-order valence-electron chi connectivity index (χ1n) is 8.53. The van der Waals surface area contributed by atoms with Crippen LogP contribution in [0.3, 0.4) is 0 Å². The molecule has 1 aromatic heterocycles. The van der Waals surface area contributed by atoms with E-state index in [1.165, 1.54) is 6.07 Å². The minimum atomic E-state index is -4.40. The van der Waals surface area contributed by atoms with Crippen molar-refractivity contribution in [2.24, 2.45) is 0 Å². The lowest BCUT2D eigenvalue weighted by Gasteiger charge is -2.15. The summed E-state index contributed by atoms with van der Waals surface area (Å²) in [5, 5.41) is 13.2. The third-order valence-electron chi connectivity index (χ3n) is 4.43. The highest BCUT2D eigenvalue weighted by atomic mass is 19.4. The number of allylic oxidation sites excluding steroid dienone is 1. The zero-order valence-electron chi connectivity index (χ0n) is 14.1. The minimum absolute atomic E-state index is 0.0347. The molecule has 1 aliphatic carbocycles. The van der Waals surface area contributed by atoms with Crippen LogP contribution in [0.5, 0.6) is 0 Å². The van der Waals surface area contributed by atoms with Gasteiger partial charge in [-0.15, -0.1) is 0 Å². The number of rotatable bonds is 5. The number of nitrogens with zero attached hydrogens (tertiary/aromatic N) is 2. The first-order valence-corrected chi connectivity index (χ1v) is 8.53. The summed E-state index contributed by atoms with van der Waals surface area (Å²) in [5.41, 5.74) is 2.38. The molecule has 0 atom stereocenters. The number of alkyl halides is 3. The van der Waals surface area contributed by atoms with E-state index < -0.39 is 17.7 Å². The van der Waals surface area contributed by atoms with Crippen LogP contribution in [0.4, 0.5) is 13.2 Å². The molecule has 0 radical (unpaired) electrons. The largest absolute Gasteiger partial charge is 0.481 e. The summed E-state index contributed by atoms with van der Waals surface area (Å²) in [6.45, 7) is 0. The first kappa shape index (κ1) is 18.2. The van der Waals surface area contributed by atoms with Crippen LogP contribution in [-0.4, -0.2) is 20.9 Å². The molecule has 1 heterocycles. The van der Waals surface area contributed by atoms with Crippen LogP contribution >= 0.6 is 0 Å². The van der Waals surface area contributed by atoms with Gasteiger partial charge in [0.25, 0.3) is 0 Å². The fourth-order valence-corrected chi connectivity index (χ4v) is 3.19. The molecule has 1 aromatic carbocycles. The molecule has 0 amide bonds. The highest BCUT2D eigenvalue weighted by Gasteiger charge is 2.31. The average Bonchev–Trinajstić information content (AvgIpc) is 2.97. The number of aliphatic carboxylic acids is 1. The number of benzene rings is 1. The van der Waals surface area contributed by atoms with Crippen molar-refractivity contribution in [1.82, 2.24) is 9.78 Å². The van der Waals surface area contributed by atoms with Gasteiger partial charge in [0.05, 0.1) is 16.9 Å². The van der Waals surface area contributed by atoms with Crippen LogP contribution in [0, 0.1) is 0 Å². The molecular weight excluding hydrogens is 345 g/mol. The zero-order chi connectivity index (χ0) is 18.7. The molecule has 3 rings (SSSR count). The topological polar surface area (TPSA) is 55.1 Å². The third kappa shape index (κ3) is 3.98. The smallest absolute Gasteiger partial charge is 0.416 e. The van der Waals surface area contributed by atoms with Crippen LogP contribution in [-0.2, 0) is 23.8 Å². The van der Waals surface area contributed by atoms with Gasteiger partial charge in [0.15, 0.2) is 0 Å². The highest BCUT2D eigenvalue weighted by Crippen LogP contribution is 2.32. The molecule has 0 bridgehead atoms. The van der Waals surface area contributed by atoms with Gasteiger partial charge in [-0.05, 0) is 56.4 Å². The number of halogens is 3. The van der Waals surface area contributed by atoms with Crippen molar-refractivity contribution in [1.29, 1.82) is 0 Å². The fourth-order valence-electron chi connectivity index (χ4n) is 3.19. The van der Waals surface area contributed by atoms with Crippen LogP contribution in [0.15, 0.2) is 30.3 Å². The van der Waals surface area contributed by atoms with Crippen molar-refractivity contribution >= 4 is 12.0 Å². The number of fused-ring (bicyclic) bond motifs is 1. The van der Waals surface area contributed by atoms with E-state index in [4.69, 9.17) is 5.11 Å². The molecule has 0 unspecified atom stereocenters. The Kier molecular flexibility index (Phi) is 5.15. The molecule has 1 aliphatic rings. The third-order valence-corrected chi connectivity index (χ3v) is 4.43. The Labute approximate surface area is 149 Å². The Morgan fingerprint density at radius 2 is 2.04 bits per heavy atom. The van der Waals surface area contributed by atoms with Gasteiger partial charge in [-0.3, -0.25) is 4.79 Å². The summed E-state index contributed by atoms with van der Waals surface area (Å²) in [5.74, 6) is -0.869. The summed E-state index contributed by atoms with van der Waals surface area (Å²) >= 11 is 0. The molecule has 0 spiro atoms. The summed E-state index contributed by atoms with van der Waals surface area (Å²) in [6.07, 6.45) is 3.13. The predicted molar refractivity (Wildman–Crippen MR) is 91.1 cm³/mol. The number of aromatic nitrogens is 2. The Bertz CT molecular complexity index is 838. The van der Waals surface area contributed by atoms with Gasteiger partial charge < -0.3 is 5.11 Å². The van der Waals surface area contributed by atoms with E-state index in [9.17, 15) is 18.0 Å². The Hall–Kier alpha value is -2.57. The van der Waals surface area contributed by atoms with E-state index in [1.54, 1.807) is 22.9 Å². The van der Waals surface area contributed by atoms with Crippen LogP contribution in [0.2, 0.25) is 0 Å². The lowest BCUT2D eigenvalue weighted by atomic mass is 9.95. The summed E-state index contributed by atoms with van der Waals surface area (Å²) < 4.78 is 40.6. The molecule has 0 aliphatic heterocycles. The Morgan fingerprint density at radius 3 is 2.77 bits per heavy atom. The van der Waals surface area contributed by atoms with Gasteiger partial charge >= 0.3 is 12.1 Å². The van der Waals surface area contributed by atoms with E-state index in [0.717, 1.165) is 49.1 Å². The number of carbonyl (C=O) groups is 1. The summed E-state index contributed by atoms with van der Waals surface area (Å²) in [6, 6.07) is 5.17. The van der Waals surface area contributed by atoms with Crippen LogP contribution in [0.1, 0.15) is 48.2 Å². The van der Waals surface area contributed by atoms with E-state index in [-0.39, 0.29) is 6.42 Å². The fraction of sp³-hybridized carbons (Fsp3) is 0.368. The molecule has 4 nitrogen and oxygen atoms in total. The molecule has 2 aromatic rings. The molecule has 0 saturated carbocycles. The van der Waals surface area contributed by atoms with Gasteiger partial charge in [-0.1, -0.05) is 12.1 Å². The van der Waals surface area contributed by atoms with Gasteiger partial charge in [0.2, 0.25) is 0 Å². The monoisotopic (exact) mass is 364 g/mol. The highest BCUT2D eigenvalue weighted by molar-refractivity contribution is 5.67. The molecule has 7 heteroatoms. The van der Waals surface area contributed by atoms with Gasteiger partial charge in [0.1, 0.15) is 0 Å². The maximum Gasteiger partial charge on any atom is 0.416 e. The van der Waals surface area contributed by atoms with Crippen LogP contribution < -0.4 is 0 Å². The number of carboxylic acid groups (broad SMARTS) is 1. The van der Waals surface area contributed by atoms with Crippen molar-refractivity contribution in [2.45, 2.75) is 44.7 Å². The van der Waals surface area contributed by atoms with E-state index >= 15 is 0 Å². The quantitative estimate of drug-likeness (QED) is 0.840. The average molecular weight is 364 g/mol. The minimum Gasteiger partial charge on any atom is -0.481 e. The van der Waals surface area contributed by atoms with Gasteiger partial charge in [0, 0.05) is 17.7 Å². The first-order chi connectivity index (χ1) is 12.4. The second-order valence-electron chi connectivity index (χ2n) is 6.31. The molecule has 138 valence electrons. The summed E-state index contributed by atoms with van der Waals surface area (Å²) in [4.78, 5) is 10.6.